The van der Waals surface area contributed by atoms with Gasteiger partial charge in [0.1, 0.15) is 0 Å². The second-order valence-electron chi connectivity index (χ2n) is 6.39. The number of aromatic nitrogens is 1. The van der Waals surface area contributed by atoms with Crippen LogP contribution >= 0.6 is 0 Å². The molecule has 2 amide bonds. The van der Waals surface area contributed by atoms with Crippen LogP contribution in [0.3, 0.4) is 0 Å². The molecule has 1 saturated heterocycles. The Morgan fingerprint density at radius 1 is 1.24 bits per heavy atom. The Morgan fingerprint density at radius 2 is 2.04 bits per heavy atom. The third-order valence-corrected chi connectivity index (χ3v) is 4.55. The highest BCUT2D eigenvalue weighted by Crippen LogP contribution is 2.22. The molecule has 6 heteroatoms. The standard InChI is InChI=1S/C19H23N3O3/c20-17(23)12-15-8-4-5-11-22(15)19(24)10-9-18-21-13-16(25-18)14-6-2-1-3-7-14/h1-3,6-7,13,15H,4-5,8-12H2,(H2,20,23). The van der Waals surface area contributed by atoms with Crippen molar-refractivity contribution in [1.82, 2.24) is 9.88 Å². The van der Waals surface area contributed by atoms with Gasteiger partial charge in [0.2, 0.25) is 11.8 Å². The maximum atomic E-state index is 12.5. The molecule has 1 fully saturated rings. The first-order chi connectivity index (χ1) is 12.1. The number of primary amides is 1. The fourth-order valence-electron chi connectivity index (χ4n) is 3.29. The monoisotopic (exact) mass is 341 g/mol. The molecule has 0 radical (unpaired) electrons. The van der Waals surface area contributed by atoms with Crippen LogP contribution in [-0.2, 0) is 16.0 Å². The van der Waals surface area contributed by atoms with Gasteiger partial charge in [-0.1, -0.05) is 30.3 Å². The average Bonchev–Trinajstić information content (AvgIpc) is 3.09. The van der Waals surface area contributed by atoms with Crippen LogP contribution in [0, 0.1) is 0 Å². The Balaban J connectivity index is 1.58. The number of likely N-dealkylation sites (tertiary alicyclic amines) is 1. The summed E-state index contributed by atoms with van der Waals surface area (Å²) in [7, 11) is 0. The normalized spacial score (nSPS) is 17.4. The number of benzene rings is 1. The van der Waals surface area contributed by atoms with E-state index in [0.717, 1.165) is 24.8 Å². The maximum Gasteiger partial charge on any atom is 0.223 e. The Kier molecular flexibility index (Phi) is 5.48. The minimum absolute atomic E-state index is 0.0328. The van der Waals surface area contributed by atoms with Crippen LogP contribution in [0.25, 0.3) is 11.3 Å². The van der Waals surface area contributed by atoms with Crippen molar-refractivity contribution in [3.05, 3.63) is 42.4 Å². The summed E-state index contributed by atoms with van der Waals surface area (Å²) in [6.45, 7) is 0.692. The zero-order chi connectivity index (χ0) is 17.6. The lowest BCUT2D eigenvalue weighted by Gasteiger charge is -2.35. The van der Waals surface area contributed by atoms with Crippen LogP contribution < -0.4 is 5.73 Å². The molecular weight excluding hydrogens is 318 g/mol. The van der Waals surface area contributed by atoms with E-state index in [4.69, 9.17) is 10.2 Å². The summed E-state index contributed by atoms with van der Waals surface area (Å²) < 4.78 is 5.74. The van der Waals surface area contributed by atoms with Crippen molar-refractivity contribution < 1.29 is 14.0 Å². The Morgan fingerprint density at radius 3 is 2.80 bits per heavy atom. The average molecular weight is 341 g/mol. The number of rotatable bonds is 6. The molecule has 0 saturated carbocycles. The van der Waals surface area contributed by atoms with E-state index in [1.165, 1.54) is 0 Å². The van der Waals surface area contributed by atoms with E-state index in [9.17, 15) is 9.59 Å². The van der Waals surface area contributed by atoms with E-state index in [1.807, 2.05) is 30.3 Å². The first kappa shape index (κ1) is 17.2. The molecule has 0 aliphatic carbocycles. The van der Waals surface area contributed by atoms with E-state index in [-0.39, 0.29) is 24.3 Å². The van der Waals surface area contributed by atoms with Gasteiger partial charge in [-0.15, -0.1) is 0 Å². The van der Waals surface area contributed by atoms with Crippen LogP contribution in [-0.4, -0.2) is 34.3 Å². The van der Waals surface area contributed by atoms with E-state index in [2.05, 4.69) is 4.98 Å². The predicted octanol–water partition coefficient (Wildman–Crippen LogP) is 2.53. The van der Waals surface area contributed by atoms with E-state index < -0.39 is 0 Å². The van der Waals surface area contributed by atoms with Crippen LogP contribution in [0.5, 0.6) is 0 Å². The molecule has 2 aromatic rings. The number of oxazole rings is 1. The van der Waals surface area contributed by atoms with Gasteiger partial charge in [0.15, 0.2) is 11.7 Å². The van der Waals surface area contributed by atoms with Crippen molar-refractivity contribution >= 4 is 11.8 Å². The van der Waals surface area contributed by atoms with Gasteiger partial charge in [-0.3, -0.25) is 9.59 Å². The van der Waals surface area contributed by atoms with Gasteiger partial charge in [-0.2, -0.15) is 0 Å². The van der Waals surface area contributed by atoms with Crippen molar-refractivity contribution in [3.63, 3.8) is 0 Å². The summed E-state index contributed by atoms with van der Waals surface area (Å²) in [4.78, 5) is 29.8. The Hall–Kier alpha value is -2.63. The van der Waals surface area contributed by atoms with Gasteiger partial charge in [0.25, 0.3) is 0 Å². The second kappa shape index (κ2) is 7.96. The fourth-order valence-corrected chi connectivity index (χ4v) is 3.29. The zero-order valence-corrected chi connectivity index (χ0v) is 14.2. The zero-order valence-electron chi connectivity index (χ0n) is 14.2. The Bertz CT molecular complexity index is 727. The molecule has 2 N–H and O–H groups in total. The van der Waals surface area contributed by atoms with Crippen molar-refractivity contribution in [3.8, 4) is 11.3 Å². The molecule has 0 spiro atoms. The molecule has 2 heterocycles. The molecule has 1 atom stereocenters. The number of hydrogen-bond acceptors (Lipinski definition) is 4. The molecule has 1 aromatic carbocycles. The lowest BCUT2D eigenvalue weighted by molar-refractivity contribution is -0.135. The highest BCUT2D eigenvalue weighted by atomic mass is 16.4. The summed E-state index contributed by atoms with van der Waals surface area (Å²) in [5.74, 6) is 0.929. The third-order valence-electron chi connectivity index (χ3n) is 4.55. The SMILES string of the molecule is NC(=O)CC1CCCCN1C(=O)CCc1ncc(-c2ccccc2)o1. The van der Waals surface area contributed by atoms with Crippen LogP contribution in [0.2, 0.25) is 0 Å². The molecule has 3 rings (SSSR count). The number of nitrogens with two attached hydrogens (primary N) is 1. The number of hydrogen-bond donors (Lipinski definition) is 1. The predicted molar refractivity (Wildman–Crippen MR) is 93.4 cm³/mol. The summed E-state index contributed by atoms with van der Waals surface area (Å²) in [6.07, 6.45) is 5.54. The van der Waals surface area contributed by atoms with E-state index in [0.29, 0.717) is 31.0 Å². The second-order valence-corrected chi connectivity index (χ2v) is 6.39. The molecule has 1 unspecified atom stereocenters. The molecule has 0 bridgehead atoms. The third kappa shape index (κ3) is 4.47. The number of amides is 2. The summed E-state index contributed by atoms with van der Waals surface area (Å²) in [6, 6.07) is 9.67. The number of carbonyl (C=O) groups excluding carboxylic acids is 2. The fraction of sp³-hybridized carbons (Fsp3) is 0.421. The number of carbonyl (C=O) groups is 2. The van der Waals surface area contributed by atoms with E-state index >= 15 is 0 Å². The largest absolute Gasteiger partial charge is 0.441 e. The molecule has 1 aromatic heterocycles. The van der Waals surface area contributed by atoms with Crippen molar-refractivity contribution in [1.29, 1.82) is 0 Å². The van der Waals surface area contributed by atoms with Crippen molar-refractivity contribution in [2.24, 2.45) is 5.73 Å². The highest BCUT2D eigenvalue weighted by Gasteiger charge is 2.27. The number of nitrogens with zero attached hydrogens (tertiary/aromatic N) is 2. The van der Waals surface area contributed by atoms with Crippen LogP contribution in [0.1, 0.15) is 38.0 Å². The molecule has 132 valence electrons. The van der Waals surface area contributed by atoms with Gasteiger partial charge in [0, 0.05) is 37.4 Å². The number of aryl methyl sites for hydroxylation is 1. The molecule has 25 heavy (non-hydrogen) atoms. The summed E-state index contributed by atoms with van der Waals surface area (Å²) in [5, 5.41) is 0. The van der Waals surface area contributed by atoms with Gasteiger partial charge >= 0.3 is 0 Å². The van der Waals surface area contributed by atoms with Gasteiger partial charge in [0.05, 0.1) is 6.20 Å². The van der Waals surface area contributed by atoms with E-state index in [1.54, 1.807) is 11.1 Å². The van der Waals surface area contributed by atoms with Crippen molar-refractivity contribution in [2.75, 3.05) is 6.54 Å². The smallest absolute Gasteiger partial charge is 0.223 e. The topological polar surface area (TPSA) is 89.4 Å². The molecule has 1 aliphatic rings. The summed E-state index contributed by atoms with van der Waals surface area (Å²) >= 11 is 0. The van der Waals surface area contributed by atoms with Gasteiger partial charge < -0.3 is 15.1 Å². The molecular formula is C19H23N3O3. The first-order valence-electron chi connectivity index (χ1n) is 8.71. The minimum Gasteiger partial charge on any atom is -0.441 e. The number of piperidine rings is 1. The summed E-state index contributed by atoms with van der Waals surface area (Å²) in [5.41, 5.74) is 6.27. The maximum absolute atomic E-state index is 12.5. The first-order valence-corrected chi connectivity index (χ1v) is 8.71. The molecule has 1 aliphatic heterocycles. The van der Waals surface area contributed by atoms with Gasteiger partial charge in [-0.25, -0.2) is 4.98 Å². The quantitative estimate of drug-likeness (QED) is 0.874. The molecule has 6 nitrogen and oxygen atoms in total. The lowest BCUT2D eigenvalue weighted by atomic mass is 9.98. The van der Waals surface area contributed by atoms with Crippen LogP contribution in [0.15, 0.2) is 40.9 Å². The minimum atomic E-state index is -0.357. The Labute approximate surface area is 147 Å². The van der Waals surface area contributed by atoms with Crippen LogP contribution in [0.4, 0.5) is 0 Å². The lowest BCUT2D eigenvalue weighted by Crippen LogP contribution is -2.45. The van der Waals surface area contributed by atoms with Crippen molar-refractivity contribution in [2.45, 2.75) is 44.6 Å². The highest BCUT2D eigenvalue weighted by molar-refractivity contribution is 5.79. The van der Waals surface area contributed by atoms with Gasteiger partial charge in [-0.05, 0) is 19.3 Å².